The van der Waals surface area contributed by atoms with Crippen molar-refractivity contribution in [1.82, 2.24) is 19.6 Å². The zero-order chi connectivity index (χ0) is 21.1. The minimum absolute atomic E-state index is 0.0447. The first kappa shape index (κ1) is 19.8. The van der Waals surface area contributed by atoms with Crippen LogP contribution in [0.3, 0.4) is 0 Å². The Hall–Kier alpha value is -3.46. The van der Waals surface area contributed by atoms with Crippen LogP contribution < -0.4 is 9.46 Å². The maximum absolute atomic E-state index is 12.5. The Labute approximate surface area is 180 Å². The molecule has 0 aliphatic rings. The summed E-state index contributed by atoms with van der Waals surface area (Å²) < 4.78 is 37.1. The predicted octanol–water partition coefficient (Wildman–Crippen LogP) is 4.05. The van der Waals surface area contributed by atoms with Crippen molar-refractivity contribution in [3.05, 3.63) is 65.7 Å². The summed E-state index contributed by atoms with van der Waals surface area (Å²) >= 11 is 7.00. The van der Waals surface area contributed by atoms with Crippen LogP contribution >= 0.6 is 23.1 Å². The van der Waals surface area contributed by atoms with Crippen molar-refractivity contribution in [3.8, 4) is 28.7 Å². The molecule has 2 aromatic carbocycles. The maximum Gasteiger partial charge on any atom is 0.263 e. The molecule has 0 saturated heterocycles. The van der Waals surface area contributed by atoms with E-state index in [0.717, 1.165) is 17.1 Å². The highest BCUT2D eigenvalue weighted by Crippen LogP contribution is 2.36. The minimum atomic E-state index is -3.93. The summed E-state index contributed by atoms with van der Waals surface area (Å²) in [7, 11) is -3.93. The molecule has 9 nitrogen and oxygen atoms in total. The molecule has 4 aromatic rings. The van der Waals surface area contributed by atoms with Crippen LogP contribution in [0.5, 0.6) is 11.5 Å². The third-order valence-corrected chi connectivity index (χ3v) is 6.22. The topological polar surface area (TPSA) is 134 Å². The second kappa shape index (κ2) is 8.11. The summed E-state index contributed by atoms with van der Waals surface area (Å²) in [4.78, 5) is 3.69. The zero-order valence-electron chi connectivity index (χ0n) is 14.9. The van der Waals surface area contributed by atoms with Gasteiger partial charge < -0.3 is 4.74 Å². The third-order valence-electron chi connectivity index (χ3n) is 3.94. The Bertz CT molecular complexity index is 1330. The number of hydrogen-bond acceptors (Lipinski definition) is 8. The number of anilines is 1. The van der Waals surface area contributed by atoms with Gasteiger partial charge in [-0.2, -0.15) is 14.7 Å². The van der Waals surface area contributed by atoms with Gasteiger partial charge in [-0.25, -0.2) is 13.4 Å². The van der Waals surface area contributed by atoms with E-state index in [4.69, 9.17) is 16.3 Å². The van der Waals surface area contributed by atoms with Gasteiger partial charge in [0.25, 0.3) is 10.0 Å². The maximum atomic E-state index is 12.5. The van der Waals surface area contributed by atoms with Crippen LogP contribution in [0.4, 0.5) is 5.13 Å². The summed E-state index contributed by atoms with van der Waals surface area (Å²) in [5.74, 6) is 0.624. The van der Waals surface area contributed by atoms with E-state index in [1.165, 1.54) is 24.5 Å². The smallest absolute Gasteiger partial charge is 0.263 e. The molecule has 0 atom stereocenters. The lowest BCUT2D eigenvalue weighted by molar-refractivity contribution is 0.482. The first-order valence-electron chi connectivity index (χ1n) is 8.26. The normalized spacial score (nSPS) is 11.1. The van der Waals surface area contributed by atoms with Gasteiger partial charge in [-0.1, -0.05) is 11.6 Å². The number of rotatable bonds is 6. The van der Waals surface area contributed by atoms with Crippen LogP contribution in [0, 0.1) is 11.3 Å². The summed E-state index contributed by atoms with van der Waals surface area (Å²) in [5, 5.41) is 16.8. The van der Waals surface area contributed by atoms with Crippen LogP contribution in [-0.4, -0.2) is 28.0 Å². The monoisotopic (exact) mass is 458 g/mol. The Kier molecular flexibility index (Phi) is 5.37. The molecule has 2 heterocycles. The Balaban J connectivity index is 1.68. The van der Waals surface area contributed by atoms with E-state index >= 15 is 0 Å². The number of nitrogens with zero attached hydrogens (tertiary/aromatic N) is 4. The SMILES string of the molecule is N#Cc1cc(S(=O)(=O)Nc2ncns2)ccc1Oc1ccc(Cl)cc1-c1cn[nH]c1. The molecule has 0 aliphatic carbocycles. The predicted molar refractivity (Wildman–Crippen MR) is 111 cm³/mol. The van der Waals surface area contributed by atoms with E-state index in [1.807, 2.05) is 6.07 Å². The Morgan fingerprint density at radius 3 is 2.73 bits per heavy atom. The number of ether oxygens (including phenoxy) is 1. The first-order valence-corrected chi connectivity index (χ1v) is 10.9. The van der Waals surface area contributed by atoms with Crippen LogP contribution in [0.2, 0.25) is 5.02 Å². The molecule has 150 valence electrons. The first-order chi connectivity index (χ1) is 14.5. The van der Waals surface area contributed by atoms with Crippen molar-refractivity contribution in [3.63, 3.8) is 0 Å². The van der Waals surface area contributed by atoms with Crippen LogP contribution in [0.15, 0.2) is 60.0 Å². The van der Waals surface area contributed by atoms with Crippen molar-refractivity contribution in [2.24, 2.45) is 0 Å². The molecular weight excluding hydrogens is 448 g/mol. The Morgan fingerprint density at radius 2 is 2.03 bits per heavy atom. The van der Waals surface area contributed by atoms with Gasteiger partial charge in [0.15, 0.2) is 0 Å². The van der Waals surface area contributed by atoms with Crippen molar-refractivity contribution in [2.45, 2.75) is 4.90 Å². The zero-order valence-corrected chi connectivity index (χ0v) is 17.3. The molecule has 30 heavy (non-hydrogen) atoms. The summed E-state index contributed by atoms with van der Waals surface area (Å²) in [6, 6.07) is 11.0. The van der Waals surface area contributed by atoms with Crippen LogP contribution in [0.25, 0.3) is 11.1 Å². The highest BCUT2D eigenvalue weighted by atomic mass is 35.5. The van der Waals surface area contributed by atoms with Crippen molar-refractivity contribution in [1.29, 1.82) is 5.26 Å². The number of halogens is 1. The standard InChI is InChI=1S/C18H11ClN6O3S2/c19-13-1-3-17(15(6-13)12-8-22-23-9-12)28-16-4-2-14(5-11(16)7-20)30(26,27)25-18-21-10-24-29-18/h1-6,8-10H,(H,22,23)(H,21,24,25). The number of benzene rings is 2. The number of aromatic nitrogens is 4. The van der Waals surface area contributed by atoms with Gasteiger partial charge in [-0.15, -0.1) is 0 Å². The highest BCUT2D eigenvalue weighted by Gasteiger charge is 2.19. The highest BCUT2D eigenvalue weighted by molar-refractivity contribution is 7.93. The van der Waals surface area contributed by atoms with Gasteiger partial charge in [0.05, 0.1) is 16.7 Å². The molecule has 12 heteroatoms. The molecule has 0 radical (unpaired) electrons. The van der Waals surface area contributed by atoms with Crippen LogP contribution in [-0.2, 0) is 10.0 Å². The molecule has 0 saturated carbocycles. The van der Waals surface area contributed by atoms with Crippen molar-refractivity contribution < 1.29 is 13.2 Å². The van der Waals surface area contributed by atoms with E-state index in [0.29, 0.717) is 16.3 Å². The van der Waals surface area contributed by atoms with Gasteiger partial charge in [-0.3, -0.25) is 9.82 Å². The number of nitriles is 1. The molecule has 0 unspecified atom stereocenters. The average molecular weight is 459 g/mol. The van der Waals surface area contributed by atoms with E-state index in [1.54, 1.807) is 30.6 Å². The van der Waals surface area contributed by atoms with Crippen molar-refractivity contribution >= 4 is 38.3 Å². The Morgan fingerprint density at radius 1 is 1.20 bits per heavy atom. The summed E-state index contributed by atoms with van der Waals surface area (Å²) in [6.45, 7) is 0. The number of aromatic amines is 1. The number of H-pyrrole nitrogens is 1. The fraction of sp³-hybridized carbons (Fsp3) is 0. The lowest BCUT2D eigenvalue weighted by Gasteiger charge is -2.13. The van der Waals surface area contributed by atoms with Gasteiger partial charge in [0.2, 0.25) is 5.13 Å². The molecule has 0 bridgehead atoms. The van der Waals surface area contributed by atoms with E-state index in [-0.39, 0.29) is 21.3 Å². The second-order valence-corrected chi connectivity index (χ2v) is 8.75. The molecule has 2 aromatic heterocycles. The number of hydrogen-bond donors (Lipinski definition) is 2. The lowest BCUT2D eigenvalue weighted by Crippen LogP contribution is -2.13. The fourth-order valence-electron chi connectivity index (χ4n) is 2.58. The molecule has 0 amide bonds. The summed E-state index contributed by atoms with van der Waals surface area (Å²) in [5.41, 5.74) is 1.45. The summed E-state index contributed by atoms with van der Waals surface area (Å²) in [6.07, 6.45) is 4.53. The molecule has 0 fully saturated rings. The number of sulfonamides is 1. The van der Waals surface area contributed by atoms with Crippen molar-refractivity contribution in [2.75, 3.05) is 4.72 Å². The largest absolute Gasteiger partial charge is 0.455 e. The average Bonchev–Trinajstić information content (AvgIpc) is 3.43. The van der Waals surface area contributed by atoms with Gasteiger partial charge in [-0.05, 0) is 36.4 Å². The van der Waals surface area contributed by atoms with E-state index in [9.17, 15) is 13.7 Å². The van der Waals surface area contributed by atoms with E-state index in [2.05, 4.69) is 24.3 Å². The van der Waals surface area contributed by atoms with Gasteiger partial charge in [0.1, 0.15) is 23.9 Å². The minimum Gasteiger partial charge on any atom is -0.455 e. The van der Waals surface area contributed by atoms with E-state index < -0.39 is 10.0 Å². The van der Waals surface area contributed by atoms with Crippen LogP contribution in [0.1, 0.15) is 5.56 Å². The molecular formula is C18H11ClN6O3S2. The molecule has 0 spiro atoms. The third kappa shape index (κ3) is 4.11. The lowest BCUT2D eigenvalue weighted by atomic mass is 10.1. The fourth-order valence-corrected chi connectivity index (χ4v) is 4.44. The quantitative estimate of drug-likeness (QED) is 0.445. The molecule has 4 rings (SSSR count). The van der Waals surface area contributed by atoms with Gasteiger partial charge >= 0.3 is 0 Å². The molecule has 0 aliphatic heterocycles. The van der Waals surface area contributed by atoms with Gasteiger partial charge in [0, 0.05) is 33.9 Å². The molecule has 2 N–H and O–H groups in total. The number of nitrogens with one attached hydrogen (secondary N) is 2. The second-order valence-electron chi connectivity index (χ2n) is 5.85.